The van der Waals surface area contributed by atoms with Gasteiger partial charge in [-0.2, -0.15) is 0 Å². The Morgan fingerprint density at radius 2 is 2.04 bits per heavy atom. The number of carboxylic acids is 1. The van der Waals surface area contributed by atoms with E-state index in [4.69, 9.17) is 14.6 Å². The van der Waals surface area contributed by atoms with Crippen molar-refractivity contribution in [1.82, 2.24) is 10.3 Å². The predicted molar refractivity (Wildman–Crippen MR) is 92.1 cm³/mol. The minimum atomic E-state index is -0.787. The predicted octanol–water partition coefficient (Wildman–Crippen LogP) is 2.91. The summed E-state index contributed by atoms with van der Waals surface area (Å²) in [5.74, 6) is 0.439. The summed E-state index contributed by atoms with van der Waals surface area (Å²) >= 11 is 1.31. The lowest BCUT2D eigenvalue weighted by molar-refractivity contribution is -0.137. The number of benzene rings is 1. The smallest absolute Gasteiger partial charge is 0.303 e. The molecule has 2 aromatic rings. The van der Waals surface area contributed by atoms with Crippen molar-refractivity contribution in [2.75, 3.05) is 13.3 Å². The quantitative estimate of drug-likeness (QED) is 0.701. The Morgan fingerprint density at radius 1 is 1.20 bits per heavy atom. The van der Waals surface area contributed by atoms with Crippen LogP contribution in [0.15, 0.2) is 24.4 Å². The third-order valence-electron chi connectivity index (χ3n) is 3.70. The van der Waals surface area contributed by atoms with Crippen molar-refractivity contribution in [2.45, 2.75) is 25.7 Å². The number of fused-ring (bicyclic) bond motifs is 1. The van der Waals surface area contributed by atoms with Crippen LogP contribution in [0.4, 0.5) is 0 Å². The average Bonchev–Trinajstić information content (AvgIpc) is 3.25. The monoisotopic (exact) mass is 362 g/mol. The first kappa shape index (κ1) is 17.2. The Hall–Kier alpha value is -2.61. The van der Waals surface area contributed by atoms with Gasteiger partial charge in [-0.05, 0) is 31.0 Å². The second kappa shape index (κ2) is 7.98. The summed E-state index contributed by atoms with van der Waals surface area (Å²) in [4.78, 5) is 27.4. The molecule has 0 saturated carbocycles. The number of hydrogen-bond acceptors (Lipinski definition) is 6. The molecule has 25 heavy (non-hydrogen) atoms. The zero-order valence-corrected chi connectivity index (χ0v) is 14.3. The van der Waals surface area contributed by atoms with E-state index in [1.54, 1.807) is 6.20 Å². The molecule has 0 saturated heterocycles. The van der Waals surface area contributed by atoms with E-state index >= 15 is 0 Å². The van der Waals surface area contributed by atoms with Crippen molar-refractivity contribution in [3.8, 4) is 22.1 Å². The molecular weight excluding hydrogens is 344 g/mol. The van der Waals surface area contributed by atoms with E-state index in [1.807, 2.05) is 18.2 Å². The van der Waals surface area contributed by atoms with E-state index in [0.29, 0.717) is 29.3 Å². The summed E-state index contributed by atoms with van der Waals surface area (Å²) in [5.41, 5.74) is 0.877. The van der Waals surface area contributed by atoms with Gasteiger partial charge in [-0.15, -0.1) is 11.3 Å². The van der Waals surface area contributed by atoms with Gasteiger partial charge < -0.3 is 19.9 Å². The molecule has 132 valence electrons. The van der Waals surface area contributed by atoms with Gasteiger partial charge in [0.25, 0.3) is 5.91 Å². The number of unbranched alkanes of at least 4 members (excludes halogenated alkanes) is 2. The lowest BCUT2D eigenvalue weighted by Crippen LogP contribution is -2.23. The van der Waals surface area contributed by atoms with Gasteiger partial charge in [0.05, 0.1) is 6.20 Å². The second-order valence-corrected chi connectivity index (χ2v) is 6.59. The number of carboxylic acid groups (broad SMARTS) is 1. The van der Waals surface area contributed by atoms with Crippen LogP contribution in [-0.4, -0.2) is 35.3 Å². The van der Waals surface area contributed by atoms with Gasteiger partial charge in [0.2, 0.25) is 6.79 Å². The maximum absolute atomic E-state index is 12.1. The molecule has 1 amide bonds. The number of rotatable bonds is 8. The Morgan fingerprint density at radius 3 is 2.88 bits per heavy atom. The highest BCUT2D eigenvalue weighted by atomic mass is 32.1. The van der Waals surface area contributed by atoms with E-state index in [1.165, 1.54) is 11.3 Å². The molecule has 0 radical (unpaired) electrons. The Kier molecular flexibility index (Phi) is 5.49. The van der Waals surface area contributed by atoms with Crippen molar-refractivity contribution < 1.29 is 24.2 Å². The molecule has 0 fully saturated rings. The first-order chi connectivity index (χ1) is 12.1. The Labute approximate surface area is 148 Å². The van der Waals surface area contributed by atoms with Gasteiger partial charge >= 0.3 is 5.97 Å². The van der Waals surface area contributed by atoms with Crippen LogP contribution in [0.2, 0.25) is 0 Å². The zero-order valence-electron chi connectivity index (χ0n) is 13.5. The maximum Gasteiger partial charge on any atom is 0.303 e. The third kappa shape index (κ3) is 4.48. The van der Waals surface area contributed by atoms with Crippen LogP contribution in [0, 0.1) is 0 Å². The minimum Gasteiger partial charge on any atom is -0.481 e. The van der Waals surface area contributed by atoms with Crippen LogP contribution in [0.1, 0.15) is 35.4 Å². The average molecular weight is 362 g/mol. The fourth-order valence-electron chi connectivity index (χ4n) is 2.41. The van der Waals surface area contributed by atoms with Gasteiger partial charge in [-0.25, -0.2) is 4.98 Å². The lowest BCUT2D eigenvalue weighted by Gasteiger charge is -2.02. The summed E-state index contributed by atoms with van der Waals surface area (Å²) in [5, 5.41) is 12.1. The molecule has 1 aliphatic heterocycles. The van der Waals surface area contributed by atoms with Crippen molar-refractivity contribution in [3.63, 3.8) is 0 Å². The fourth-order valence-corrected chi connectivity index (χ4v) is 3.24. The number of hydrogen-bond donors (Lipinski definition) is 2. The molecule has 0 unspecified atom stereocenters. The van der Waals surface area contributed by atoms with E-state index in [-0.39, 0.29) is 19.1 Å². The van der Waals surface area contributed by atoms with Crippen LogP contribution >= 0.6 is 11.3 Å². The van der Waals surface area contributed by atoms with Gasteiger partial charge in [0, 0.05) is 18.5 Å². The number of aromatic nitrogens is 1. The van der Waals surface area contributed by atoms with E-state index in [2.05, 4.69) is 10.3 Å². The zero-order chi connectivity index (χ0) is 17.6. The number of amides is 1. The molecule has 1 aromatic heterocycles. The van der Waals surface area contributed by atoms with Crippen LogP contribution in [0.5, 0.6) is 11.5 Å². The molecule has 7 nitrogen and oxygen atoms in total. The van der Waals surface area contributed by atoms with E-state index < -0.39 is 5.97 Å². The summed E-state index contributed by atoms with van der Waals surface area (Å²) in [6.07, 6.45) is 3.89. The molecule has 0 atom stereocenters. The first-order valence-corrected chi connectivity index (χ1v) is 8.81. The summed E-state index contributed by atoms with van der Waals surface area (Å²) in [6.45, 7) is 0.743. The van der Waals surface area contributed by atoms with Crippen molar-refractivity contribution in [1.29, 1.82) is 0 Å². The number of ether oxygens (including phenoxy) is 2. The van der Waals surface area contributed by atoms with Gasteiger partial charge in [-0.3, -0.25) is 9.59 Å². The topological polar surface area (TPSA) is 97.8 Å². The highest BCUT2D eigenvalue weighted by Gasteiger charge is 2.16. The molecule has 1 aliphatic rings. The lowest BCUT2D eigenvalue weighted by atomic mass is 10.2. The van der Waals surface area contributed by atoms with Crippen molar-refractivity contribution in [2.24, 2.45) is 0 Å². The van der Waals surface area contributed by atoms with Crippen LogP contribution in [-0.2, 0) is 4.79 Å². The summed E-state index contributed by atoms with van der Waals surface area (Å²) in [7, 11) is 0. The first-order valence-electron chi connectivity index (χ1n) is 7.99. The Bertz CT molecular complexity index is 774. The van der Waals surface area contributed by atoms with Gasteiger partial charge in [-0.1, -0.05) is 6.42 Å². The van der Waals surface area contributed by atoms with Crippen LogP contribution < -0.4 is 14.8 Å². The second-order valence-electron chi connectivity index (χ2n) is 5.56. The molecule has 0 aliphatic carbocycles. The molecule has 1 aromatic carbocycles. The van der Waals surface area contributed by atoms with Crippen LogP contribution in [0.3, 0.4) is 0 Å². The largest absolute Gasteiger partial charge is 0.481 e. The molecule has 2 N–H and O–H groups in total. The number of nitrogens with one attached hydrogen (secondary N) is 1. The summed E-state index contributed by atoms with van der Waals surface area (Å²) < 4.78 is 10.6. The normalized spacial score (nSPS) is 12.2. The molecule has 0 bridgehead atoms. The molecule has 2 heterocycles. The van der Waals surface area contributed by atoms with Crippen LogP contribution in [0.25, 0.3) is 10.6 Å². The highest BCUT2D eigenvalue weighted by Crippen LogP contribution is 2.36. The fraction of sp³-hybridized carbons (Fsp3) is 0.353. The molecule has 8 heteroatoms. The highest BCUT2D eigenvalue weighted by molar-refractivity contribution is 7.16. The van der Waals surface area contributed by atoms with Gasteiger partial charge in [0.15, 0.2) is 11.5 Å². The standard InChI is InChI=1S/C17H18N2O5S/c20-15(21)4-2-1-3-7-18-16(22)14-9-19-17(25-14)11-5-6-12-13(8-11)24-10-23-12/h5-6,8-9H,1-4,7,10H2,(H,18,22)(H,20,21). The summed E-state index contributed by atoms with van der Waals surface area (Å²) in [6, 6.07) is 5.57. The molecular formula is C17H18N2O5S. The maximum atomic E-state index is 12.1. The van der Waals surface area contributed by atoms with E-state index in [9.17, 15) is 9.59 Å². The van der Waals surface area contributed by atoms with E-state index in [0.717, 1.165) is 23.4 Å². The number of nitrogens with zero attached hydrogens (tertiary/aromatic N) is 1. The van der Waals surface area contributed by atoms with Crippen molar-refractivity contribution in [3.05, 3.63) is 29.3 Å². The third-order valence-corrected chi connectivity index (χ3v) is 4.75. The number of thiazole rings is 1. The number of carbonyl (C=O) groups is 2. The number of aliphatic carboxylic acids is 1. The Balaban J connectivity index is 1.51. The number of carbonyl (C=O) groups excluding carboxylic acids is 1. The minimum absolute atomic E-state index is 0.164. The van der Waals surface area contributed by atoms with Crippen molar-refractivity contribution >= 4 is 23.2 Å². The molecule has 3 rings (SSSR count). The molecule has 0 spiro atoms. The van der Waals surface area contributed by atoms with Gasteiger partial charge in [0.1, 0.15) is 9.88 Å². The SMILES string of the molecule is O=C(O)CCCCCNC(=O)c1cnc(-c2ccc3c(c2)OCO3)s1.